The zero-order valence-corrected chi connectivity index (χ0v) is 11.1. The average molecular weight is 259 g/mol. The van der Waals surface area contributed by atoms with E-state index in [0.717, 1.165) is 17.1 Å². The van der Waals surface area contributed by atoms with Gasteiger partial charge in [0.1, 0.15) is 0 Å². The number of rotatable bonds is 3. The van der Waals surface area contributed by atoms with Crippen LogP contribution < -0.4 is 0 Å². The minimum atomic E-state index is -0.274. The Morgan fingerprint density at radius 3 is 2.63 bits per heavy atom. The number of pyridine rings is 1. The zero-order valence-electron chi connectivity index (χ0n) is 11.1. The van der Waals surface area contributed by atoms with Gasteiger partial charge in [-0.15, -0.1) is 0 Å². The highest BCUT2D eigenvalue weighted by Gasteiger charge is 2.18. The lowest BCUT2D eigenvalue weighted by atomic mass is 10.1. The molecule has 100 valence electrons. The van der Waals surface area contributed by atoms with Gasteiger partial charge < -0.3 is 9.47 Å². The predicted molar refractivity (Wildman–Crippen MR) is 70.1 cm³/mol. The summed E-state index contributed by atoms with van der Waals surface area (Å²) in [6, 6.07) is 5.94. The first-order valence-electron chi connectivity index (χ1n) is 6.49. The quantitative estimate of drug-likeness (QED) is 0.849. The third kappa shape index (κ3) is 2.39. The van der Waals surface area contributed by atoms with E-state index in [0.29, 0.717) is 19.1 Å². The molecule has 5 nitrogen and oxygen atoms in total. The molecule has 0 radical (unpaired) electrons. The van der Waals surface area contributed by atoms with Crippen LogP contribution >= 0.6 is 0 Å². The predicted octanol–water partition coefficient (Wildman–Crippen LogP) is 2.44. The van der Waals surface area contributed by atoms with Crippen molar-refractivity contribution in [1.29, 1.82) is 0 Å². The van der Waals surface area contributed by atoms with Crippen molar-refractivity contribution in [3.05, 3.63) is 41.9 Å². The fourth-order valence-electron chi connectivity index (χ4n) is 2.16. The number of hydrogen-bond donors (Lipinski definition) is 0. The second kappa shape index (κ2) is 5.11. The van der Waals surface area contributed by atoms with Crippen LogP contribution in [-0.2, 0) is 9.47 Å². The van der Waals surface area contributed by atoms with E-state index < -0.39 is 0 Å². The third-order valence-corrected chi connectivity index (χ3v) is 3.15. The molecule has 0 amide bonds. The zero-order chi connectivity index (χ0) is 13.2. The van der Waals surface area contributed by atoms with Crippen LogP contribution in [0, 0.1) is 0 Å². The molecule has 2 aromatic rings. The Morgan fingerprint density at radius 2 is 2.00 bits per heavy atom. The van der Waals surface area contributed by atoms with Crippen LogP contribution in [0.2, 0.25) is 0 Å². The first-order chi connectivity index (χ1) is 9.25. The maximum atomic E-state index is 5.45. The van der Waals surface area contributed by atoms with Crippen LogP contribution in [0.25, 0.3) is 5.82 Å². The molecular weight excluding hydrogens is 242 g/mol. The molecule has 1 fully saturated rings. The molecule has 5 heteroatoms. The maximum absolute atomic E-state index is 5.45. The summed E-state index contributed by atoms with van der Waals surface area (Å²) in [5, 5.41) is 4.33. The second-order valence-electron chi connectivity index (χ2n) is 4.85. The number of aromatic nitrogens is 3. The van der Waals surface area contributed by atoms with E-state index in [-0.39, 0.29) is 6.29 Å². The van der Waals surface area contributed by atoms with Crippen molar-refractivity contribution in [2.75, 3.05) is 13.2 Å². The van der Waals surface area contributed by atoms with Crippen molar-refractivity contribution in [3.63, 3.8) is 0 Å². The second-order valence-corrected chi connectivity index (χ2v) is 4.85. The Labute approximate surface area is 112 Å². The molecule has 1 saturated heterocycles. The Kier molecular flexibility index (Phi) is 3.31. The third-order valence-electron chi connectivity index (χ3n) is 3.15. The molecule has 0 spiro atoms. The van der Waals surface area contributed by atoms with E-state index in [9.17, 15) is 0 Å². The van der Waals surface area contributed by atoms with Crippen molar-refractivity contribution in [3.8, 4) is 5.82 Å². The number of ether oxygens (including phenoxy) is 2. The fraction of sp³-hybridized carbons (Fsp3) is 0.429. The molecule has 0 unspecified atom stereocenters. The van der Waals surface area contributed by atoms with E-state index in [1.165, 1.54) is 0 Å². The standard InChI is InChI=1S/C14H17N3O2/c1-10(2)12-5-6-16-17(12)13-4-3-11(9-15-13)14-18-7-8-19-14/h3-6,9-10,14H,7-8H2,1-2H3. The molecule has 2 aromatic heterocycles. The van der Waals surface area contributed by atoms with Crippen LogP contribution in [0.1, 0.15) is 37.3 Å². The van der Waals surface area contributed by atoms with E-state index in [1.807, 2.05) is 22.9 Å². The van der Waals surface area contributed by atoms with Crippen molar-refractivity contribution < 1.29 is 9.47 Å². The summed E-state index contributed by atoms with van der Waals surface area (Å²) in [5.41, 5.74) is 2.09. The number of nitrogens with zero attached hydrogens (tertiary/aromatic N) is 3. The summed E-state index contributed by atoms with van der Waals surface area (Å²) in [7, 11) is 0. The molecule has 0 N–H and O–H groups in total. The van der Waals surface area contributed by atoms with Gasteiger partial charge in [0, 0.05) is 23.7 Å². The van der Waals surface area contributed by atoms with Crippen molar-refractivity contribution in [2.24, 2.45) is 0 Å². The Bertz CT molecular complexity index is 542. The van der Waals surface area contributed by atoms with Crippen LogP contribution in [-0.4, -0.2) is 28.0 Å². The lowest BCUT2D eigenvalue weighted by Gasteiger charge is -2.11. The van der Waals surface area contributed by atoms with Crippen molar-refractivity contribution in [1.82, 2.24) is 14.8 Å². The number of hydrogen-bond acceptors (Lipinski definition) is 4. The Balaban J connectivity index is 1.87. The molecule has 0 atom stereocenters. The highest BCUT2D eigenvalue weighted by Crippen LogP contribution is 2.23. The van der Waals surface area contributed by atoms with E-state index >= 15 is 0 Å². The summed E-state index contributed by atoms with van der Waals surface area (Å²) in [6.07, 6.45) is 3.31. The van der Waals surface area contributed by atoms with E-state index in [4.69, 9.17) is 9.47 Å². The lowest BCUT2D eigenvalue weighted by molar-refractivity contribution is -0.0443. The van der Waals surface area contributed by atoms with Crippen molar-refractivity contribution >= 4 is 0 Å². The SMILES string of the molecule is CC(C)c1ccnn1-c1ccc(C2OCCO2)cn1. The van der Waals surface area contributed by atoms with Gasteiger partial charge in [-0.05, 0) is 24.1 Å². The maximum Gasteiger partial charge on any atom is 0.185 e. The highest BCUT2D eigenvalue weighted by molar-refractivity contribution is 5.28. The molecular formula is C14H17N3O2. The van der Waals surface area contributed by atoms with E-state index in [1.54, 1.807) is 12.4 Å². The largest absolute Gasteiger partial charge is 0.346 e. The van der Waals surface area contributed by atoms with Crippen LogP contribution in [0.15, 0.2) is 30.6 Å². The van der Waals surface area contributed by atoms with Crippen molar-refractivity contribution in [2.45, 2.75) is 26.1 Å². The Morgan fingerprint density at radius 1 is 1.21 bits per heavy atom. The normalized spacial score (nSPS) is 16.4. The molecule has 1 aliphatic heterocycles. The van der Waals surface area contributed by atoms with E-state index in [2.05, 4.69) is 23.9 Å². The summed E-state index contributed by atoms with van der Waals surface area (Å²) in [4.78, 5) is 4.45. The highest BCUT2D eigenvalue weighted by atomic mass is 16.7. The summed E-state index contributed by atoms with van der Waals surface area (Å²) < 4.78 is 12.8. The monoisotopic (exact) mass is 259 g/mol. The minimum Gasteiger partial charge on any atom is -0.346 e. The van der Waals surface area contributed by atoms with Gasteiger partial charge in [0.2, 0.25) is 0 Å². The Hall–Kier alpha value is -1.72. The molecule has 3 heterocycles. The molecule has 0 saturated carbocycles. The molecule has 0 aliphatic carbocycles. The van der Waals surface area contributed by atoms with Gasteiger partial charge in [-0.3, -0.25) is 0 Å². The minimum absolute atomic E-state index is 0.274. The molecule has 3 rings (SSSR count). The van der Waals surface area contributed by atoms with Gasteiger partial charge in [0.05, 0.1) is 13.2 Å². The van der Waals surface area contributed by atoms with Crippen LogP contribution in [0.4, 0.5) is 0 Å². The molecule has 1 aliphatic rings. The first kappa shape index (κ1) is 12.3. The molecule has 0 aromatic carbocycles. The summed E-state index contributed by atoms with van der Waals surface area (Å²) in [5.74, 6) is 1.22. The molecule has 19 heavy (non-hydrogen) atoms. The van der Waals surface area contributed by atoms with Gasteiger partial charge in [0.15, 0.2) is 12.1 Å². The lowest BCUT2D eigenvalue weighted by Crippen LogP contribution is -2.06. The van der Waals surface area contributed by atoms with Crippen LogP contribution in [0.5, 0.6) is 0 Å². The van der Waals surface area contributed by atoms with Gasteiger partial charge in [-0.2, -0.15) is 5.10 Å². The van der Waals surface area contributed by atoms with Gasteiger partial charge in [-0.1, -0.05) is 13.8 Å². The van der Waals surface area contributed by atoms with Crippen LogP contribution in [0.3, 0.4) is 0 Å². The van der Waals surface area contributed by atoms with Gasteiger partial charge in [-0.25, -0.2) is 9.67 Å². The summed E-state index contributed by atoms with van der Waals surface area (Å²) in [6.45, 7) is 5.57. The fourth-order valence-corrected chi connectivity index (χ4v) is 2.16. The van der Waals surface area contributed by atoms with Gasteiger partial charge >= 0.3 is 0 Å². The summed E-state index contributed by atoms with van der Waals surface area (Å²) >= 11 is 0. The van der Waals surface area contributed by atoms with Gasteiger partial charge in [0.25, 0.3) is 0 Å². The first-order valence-corrected chi connectivity index (χ1v) is 6.49. The topological polar surface area (TPSA) is 49.2 Å². The smallest absolute Gasteiger partial charge is 0.185 e. The molecule has 0 bridgehead atoms. The average Bonchev–Trinajstić information content (AvgIpc) is 3.10.